The normalized spacial score (nSPS) is 20.9. The van der Waals surface area contributed by atoms with Gasteiger partial charge in [0.25, 0.3) is 0 Å². The molecule has 1 unspecified atom stereocenters. The topological polar surface area (TPSA) is 76.9 Å². The molecule has 2 aromatic heterocycles. The van der Waals surface area contributed by atoms with Gasteiger partial charge in [0.15, 0.2) is 15.7 Å². The second-order valence-electron chi connectivity index (χ2n) is 5.70. The molecule has 3 heterocycles. The number of aryl methyl sites for hydroxylation is 1. The zero-order chi connectivity index (χ0) is 19.3. The molecule has 0 aromatic carbocycles. The third-order valence-electron chi connectivity index (χ3n) is 4.14. The van der Waals surface area contributed by atoms with Crippen molar-refractivity contribution in [3.8, 4) is 0 Å². The fourth-order valence-electron chi connectivity index (χ4n) is 2.78. The molecule has 1 aliphatic rings. The van der Waals surface area contributed by atoms with Crippen molar-refractivity contribution in [2.45, 2.75) is 18.0 Å². The molecule has 0 bridgehead atoms. The standard InChI is InChI=1S/C15H14ClF3N4O2S/c1-3-26(24,25)14(7-9(16)4-5-21-14)13-22-10-6-12(15(17,18)19)20-8-11(10)23(13)2/h4-8,21H,3H2,1-2H3. The number of rotatable bonds is 3. The molecule has 0 saturated carbocycles. The SMILES string of the molecule is CCS(=O)(=O)C1(c2nc3cc(C(F)(F)F)ncc3n2C)C=C(Cl)C=CN1. The molecule has 3 rings (SSSR count). The summed E-state index contributed by atoms with van der Waals surface area (Å²) in [4.78, 5) is 5.79. The van der Waals surface area contributed by atoms with Gasteiger partial charge in [-0.1, -0.05) is 18.5 Å². The van der Waals surface area contributed by atoms with Crippen molar-refractivity contribution in [3.05, 3.63) is 47.2 Å². The van der Waals surface area contributed by atoms with Gasteiger partial charge >= 0.3 is 6.18 Å². The highest BCUT2D eigenvalue weighted by Gasteiger charge is 2.47. The van der Waals surface area contributed by atoms with Gasteiger partial charge < -0.3 is 9.88 Å². The van der Waals surface area contributed by atoms with Crippen LogP contribution in [0.2, 0.25) is 0 Å². The van der Waals surface area contributed by atoms with Crippen molar-refractivity contribution in [1.29, 1.82) is 0 Å². The molecule has 1 N–H and O–H groups in total. The number of nitrogens with one attached hydrogen (secondary N) is 1. The molecule has 26 heavy (non-hydrogen) atoms. The van der Waals surface area contributed by atoms with Gasteiger partial charge in [-0.3, -0.25) is 0 Å². The molecule has 2 aromatic rings. The fraction of sp³-hybridized carbons (Fsp3) is 0.333. The highest BCUT2D eigenvalue weighted by atomic mass is 35.5. The summed E-state index contributed by atoms with van der Waals surface area (Å²) in [6, 6.07) is 0.787. The maximum Gasteiger partial charge on any atom is 0.433 e. The molecule has 0 spiro atoms. The Balaban J connectivity index is 2.31. The smallest absolute Gasteiger partial charge is 0.363 e. The van der Waals surface area contributed by atoms with Gasteiger partial charge in [-0.05, 0) is 24.4 Å². The molecule has 1 aliphatic heterocycles. The number of nitrogens with zero attached hydrogens (tertiary/aromatic N) is 3. The minimum atomic E-state index is -4.63. The number of hydrogen-bond acceptors (Lipinski definition) is 5. The molecule has 1 atom stereocenters. The summed E-state index contributed by atoms with van der Waals surface area (Å²) >= 11 is 6.02. The predicted octanol–water partition coefficient (Wildman–Crippen LogP) is 2.81. The number of imidazole rings is 1. The van der Waals surface area contributed by atoms with Gasteiger partial charge in [-0.25, -0.2) is 18.4 Å². The summed E-state index contributed by atoms with van der Waals surface area (Å²) in [5, 5.41) is 2.93. The van der Waals surface area contributed by atoms with Crippen LogP contribution < -0.4 is 5.32 Å². The van der Waals surface area contributed by atoms with E-state index in [9.17, 15) is 21.6 Å². The van der Waals surface area contributed by atoms with Crippen LogP contribution in [0.4, 0.5) is 13.2 Å². The second kappa shape index (κ2) is 5.98. The molecular formula is C15H14ClF3N4O2S. The van der Waals surface area contributed by atoms with E-state index in [4.69, 9.17) is 11.6 Å². The molecule has 0 saturated heterocycles. The van der Waals surface area contributed by atoms with Gasteiger partial charge in [0.2, 0.25) is 4.87 Å². The lowest BCUT2D eigenvalue weighted by molar-refractivity contribution is -0.141. The average Bonchev–Trinajstić information content (AvgIpc) is 2.90. The third kappa shape index (κ3) is 2.77. The number of alkyl halides is 3. The number of pyridine rings is 1. The van der Waals surface area contributed by atoms with Crippen molar-refractivity contribution in [1.82, 2.24) is 19.9 Å². The lowest BCUT2D eigenvalue weighted by Gasteiger charge is -2.32. The minimum Gasteiger partial charge on any atom is -0.363 e. The van der Waals surface area contributed by atoms with Gasteiger partial charge in [0.05, 0.1) is 23.0 Å². The number of allylic oxidation sites excluding steroid dienone is 2. The van der Waals surface area contributed by atoms with Crippen LogP contribution in [-0.2, 0) is 27.9 Å². The minimum absolute atomic E-state index is 0.00188. The van der Waals surface area contributed by atoms with E-state index in [1.54, 1.807) is 0 Å². The molecule has 140 valence electrons. The van der Waals surface area contributed by atoms with E-state index in [2.05, 4.69) is 15.3 Å². The van der Waals surface area contributed by atoms with Crippen LogP contribution in [0.5, 0.6) is 0 Å². The third-order valence-corrected chi connectivity index (χ3v) is 6.54. The Hall–Kier alpha value is -2.07. The Bertz CT molecular complexity index is 1040. The monoisotopic (exact) mass is 406 g/mol. The molecular weight excluding hydrogens is 393 g/mol. The molecule has 6 nitrogen and oxygen atoms in total. The number of dihydropyridines is 1. The van der Waals surface area contributed by atoms with Crippen LogP contribution in [0.25, 0.3) is 11.0 Å². The first-order valence-electron chi connectivity index (χ1n) is 7.47. The maximum absolute atomic E-state index is 12.9. The van der Waals surface area contributed by atoms with E-state index in [0.717, 1.165) is 12.3 Å². The number of fused-ring (bicyclic) bond motifs is 1. The number of sulfone groups is 1. The maximum atomic E-state index is 12.9. The molecule has 0 radical (unpaired) electrons. The fourth-order valence-corrected chi connectivity index (χ4v) is 4.54. The number of halogens is 4. The van der Waals surface area contributed by atoms with Gasteiger partial charge in [0, 0.05) is 12.1 Å². The van der Waals surface area contributed by atoms with Crippen molar-refractivity contribution in [2.75, 3.05) is 5.75 Å². The van der Waals surface area contributed by atoms with Crippen LogP contribution in [0.15, 0.2) is 35.6 Å². The number of hydrogen-bond donors (Lipinski definition) is 1. The molecule has 0 amide bonds. The zero-order valence-corrected chi connectivity index (χ0v) is 15.2. The molecule has 11 heteroatoms. The summed E-state index contributed by atoms with van der Waals surface area (Å²) in [6.07, 6.45) is 0.511. The van der Waals surface area contributed by atoms with Crippen molar-refractivity contribution < 1.29 is 21.6 Å². The van der Waals surface area contributed by atoms with Crippen molar-refractivity contribution in [2.24, 2.45) is 7.05 Å². The Morgan fingerprint density at radius 3 is 2.65 bits per heavy atom. The van der Waals surface area contributed by atoms with E-state index in [0.29, 0.717) is 0 Å². The Morgan fingerprint density at radius 2 is 2.08 bits per heavy atom. The van der Waals surface area contributed by atoms with E-state index in [-0.39, 0.29) is 27.6 Å². The van der Waals surface area contributed by atoms with Crippen molar-refractivity contribution >= 4 is 32.5 Å². The zero-order valence-electron chi connectivity index (χ0n) is 13.7. The van der Waals surface area contributed by atoms with Crippen molar-refractivity contribution in [3.63, 3.8) is 0 Å². The lowest BCUT2D eigenvalue weighted by Crippen LogP contribution is -2.49. The quantitative estimate of drug-likeness (QED) is 0.848. The summed E-state index contributed by atoms with van der Waals surface area (Å²) < 4.78 is 65.8. The van der Waals surface area contributed by atoms with Crippen LogP contribution >= 0.6 is 11.6 Å². The summed E-state index contributed by atoms with van der Waals surface area (Å²) in [5.41, 5.74) is -0.858. The lowest BCUT2D eigenvalue weighted by atomic mass is 10.2. The first kappa shape index (κ1) is 18.7. The van der Waals surface area contributed by atoms with Crippen LogP contribution in [-0.4, -0.2) is 28.7 Å². The molecule has 0 aliphatic carbocycles. The Labute approximate surface area is 152 Å². The van der Waals surface area contributed by atoms with E-state index in [1.807, 2.05) is 0 Å². The summed E-state index contributed by atoms with van der Waals surface area (Å²) in [5.74, 6) is -0.234. The predicted molar refractivity (Wildman–Crippen MR) is 90.9 cm³/mol. The van der Waals surface area contributed by atoms with Gasteiger partial charge in [-0.15, -0.1) is 0 Å². The Kier molecular flexibility index (Phi) is 4.31. The van der Waals surface area contributed by atoms with Crippen LogP contribution in [0, 0.1) is 0 Å². The largest absolute Gasteiger partial charge is 0.433 e. The first-order valence-corrected chi connectivity index (χ1v) is 9.50. The van der Waals surface area contributed by atoms with E-state index in [1.165, 1.54) is 36.9 Å². The average molecular weight is 407 g/mol. The first-order chi connectivity index (χ1) is 12.0. The highest BCUT2D eigenvalue weighted by molar-refractivity contribution is 7.92. The summed E-state index contributed by atoms with van der Waals surface area (Å²) in [6.45, 7) is 1.46. The van der Waals surface area contributed by atoms with Gasteiger partial charge in [-0.2, -0.15) is 13.2 Å². The Morgan fingerprint density at radius 1 is 1.38 bits per heavy atom. The molecule has 0 fully saturated rings. The summed E-state index contributed by atoms with van der Waals surface area (Å²) in [7, 11) is -2.32. The number of aromatic nitrogens is 3. The van der Waals surface area contributed by atoms with Crippen LogP contribution in [0.1, 0.15) is 18.4 Å². The van der Waals surface area contributed by atoms with Crippen LogP contribution in [0.3, 0.4) is 0 Å². The highest BCUT2D eigenvalue weighted by Crippen LogP contribution is 2.36. The van der Waals surface area contributed by atoms with Gasteiger partial charge in [0.1, 0.15) is 5.69 Å². The van der Waals surface area contributed by atoms with E-state index >= 15 is 0 Å². The van der Waals surface area contributed by atoms with E-state index < -0.39 is 26.6 Å². The second-order valence-corrected chi connectivity index (χ2v) is 8.58.